The fourth-order valence-corrected chi connectivity index (χ4v) is 2.87. The lowest BCUT2D eigenvalue weighted by Crippen LogP contribution is -2.11. The minimum absolute atomic E-state index is 0.255. The Labute approximate surface area is 136 Å². The van der Waals surface area contributed by atoms with Crippen LogP contribution in [0, 0.1) is 5.82 Å². The third kappa shape index (κ3) is 3.23. The number of nitrogens with zero attached hydrogens (tertiary/aromatic N) is 3. The molecule has 0 unspecified atom stereocenters. The lowest BCUT2D eigenvalue weighted by Gasteiger charge is -2.04. The molecule has 1 aromatic heterocycles. The molecule has 0 bridgehead atoms. The molecule has 0 fully saturated rings. The molecule has 7 heteroatoms. The van der Waals surface area contributed by atoms with Gasteiger partial charge in [0.15, 0.2) is 5.82 Å². The maximum Gasteiger partial charge on any atom is 0.210 e. The number of nitrogen functional groups attached to an aromatic ring is 1. The van der Waals surface area contributed by atoms with Gasteiger partial charge in [0, 0.05) is 16.3 Å². The van der Waals surface area contributed by atoms with Crippen LogP contribution in [0.5, 0.6) is 0 Å². The standard InChI is InChI=1S/C15H12ClFN4S/c16-12-6-4-11(5-7-12)14-19-20-15(21(14)18)22-9-10-2-1-3-13(17)8-10/h1-8H,9,18H2. The molecule has 0 aliphatic rings. The molecule has 4 nitrogen and oxygen atoms in total. The molecule has 0 radical (unpaired) electrons. The Hall–Kier alpha value is -2.05. The molecule has 0 spiro atoms. The normalized spacial score (nSPS) is 10.8. The molecule has 3 rings (SSSR count). The van der Waals surface area contributed by atoms with Gasteiger partial charge in [-0.15, -0.1) is 10.2 Å². The molecule has 2 N–H and O–H groups in total. The van der Waals surface area contributed by atoms with E-state index in [4.69, 9.17) is 17.4 Å². The molecule has 0 aliphatic carbocycles. The molecule has 0 atom stereocenters. The lowest BCUT2D eigenvalue weighted by atomic mass is 10.2. The second-order valence-electron chi connectivity index (χ2n) is 4.60. The Bertz CT molecular complexity index is 788. The van der Waals surface area contributed by atoms with Gasteiger partial charge in [-0.05, 0) is 42.0 Å². The number of rotatable bonds is 4. The molecule has 0 saturated carbocycles. The maximum atomic E-state index is 13.2. The van der Waals surface area contributed by atoms with E-state index in [0.717, 1.165) is 11.1 Å². The van der Waals surface area contributed by atoms with Crippen LogP contribution in [0.1, 0.15) is 5.56 Å². The predicted molar refractivity (Wildman–Crippen MR) is 86.6 cm³/mol. The lowest BCUT2D eigenvalue weighted by molar-refractivity contribution is 0.626. The highest BCUT2D eigenvalue weighted by molar-refractivity contribution is 7.98. The average Bonchev–Trinajstić information content (AvgIpc) is 2.87. The van der Waals surface area contributed by atoms with E-state index in [1.807, 2.05) is 18.2 Å². The van der Waals surface area contributed by atoms with Crippen molar-refractivity contribution < 1.29 is 4.39 Å². The second-order valence-corrected chi connectivity index (χ2v) is 5.98. The third-order valence-corrected chi connectivity index (χ3v) is 4.29. The zero-order valence-corrected chi connectivity index (χ0v) is 13.0. The Balaban J connectivity index is 1.77. The van der Waals surface area contributed by atoms with Crippen molar-refractivity contribution in [2.75, 3.05) is 5.84 Å². The van der Waals surface area contributed by atoms with Gasteiger partial charge >= 0.3 is 0 Å². The van der Waals surface area contributed by atoms with Gasteiger partial charge in [0.25, 0.3) is 0 Å². The van der Waals surface area contributed by atoms with Crippen LogP contribution in [-0.4, -0.2) is 14.9 Å². The zero-order chi connectivity index (χ0) is 15.5. The summed E-state index contributed by atoms with van der Waals surface area (Å²) in [4.78, 5) is 0. The molecular weight excluding hydrogens is 323 g/mol. The summed E-state index contributed by atoms with van der Waals surface area (Å²) in [6.45, 7) is 0. The Kier molecular flexibility index (Phi) is 4.31. The molecule has 2 aromatic carbocycles. The summed E-state index contributed by atoms with van der Waals surface area (Å²) < 4.78 is 14.6. The molecule has 0 amide bonds. The predicted octanol–water partition coefficient (Wildman–Crippen LogP) is 3.74. The van der Waals surface area contributed by atoms with E-state index in [0.29, 0.717) is 21.8 Å². The number of nitrogens with two attached hydrogens (primary N) is 1. The van der Waals surface area contributed by atoms with Gasteiger partial charge in [0.05, 0.1) is 0 Å². The quantitative estimate of drug-likeness (QED) is 0.583. The number of hydrogen-bond donors (Lipinski definition) is 1. The van der Waals surface area contributed by atoms with E-state index >= 15 is 0 Å². The number of hydrogen-bond acceptors (Lipinski definition) is 4. The summed E-state index contributed by atoms with van der Waals surface area (Å²) in [6, 6.07) is 13.6. The van der Waals surface area contributed by atoms with Crippen LogP contribution in [0.25, 0.3) is 11.4 Å². The van der Waals surface area contributed by atoms with Crippen LogP contribution in [0.2, 0.25) is 5.02 Å². The first-order valence-corrected chi connectivity index (χ1v) is 7.83. The smallest absolute Gasteiger partial charge is 0.210 e. The van der Waals surface area contributed by atoms with Crippen molar-refractivity contribution in [2.45, 2.75) is 10.9 Å². The molecule has 22 heavy (non-hydrogen) atoms. The number of benzene rings is 2. The summed E-state index contributed by atoms with van der Waals surface area (Å²) in [7, 11) is 0. The molecular formula is C15H12ClFN4S. The minimum Gasteiger partial charge on any atom is -0.335 e. The second kappa shape index (κ2) is 6.37. The van der Waals surface area contributed by atoms with Gasteiger partial charge in [-0.1, -0.05) is 35.5 Å². The van der Waals surface area contributed by atoms with Crippen molar-refractivity contribution in [1.29, 1.82) is 0 Å². The van der Waals surface area contributed by atoms with E-state index in [1.165, 1.54) is 28.6 Å². The van der Waals surface area contributed by atoms with E-state index in [-0.39, 0.29) is 5.82 Å². The SMILES string of the molecule is Nn1c(SCc2cccc(F)c2)nnc1-c1ccc(Cl)cc1. The summed E-state index contributed by atoms with van der Waals surface area (Å²) in [5.74, 6) is 6.89. The summed E-state index contributed by atoms with van der Waals surface area (Å²) in [5.41, 5.74) is 1.69. The Morgan fingerprint density at radius 2 is 1.91 bits per heavy atom. The number of halogens is 2. The zero-order valence-electron chi connectivity index (χ0n) is 11.4. The first-order chi connectivity index (χ1) is 10.6. The van der Waals surface area contributed by atoms with E-state index in [2.05, 4.69) is 10.2 Å². The molecule has 1 heterocycles. The number of aromatic nitrogens is 3. The molecule has 112 valence electrons. The van der Waals surface area contributed by atoms with E-state index in [1.54, 1.807) is 18.2 Å². The van der Waals surface area contributed by atoms with Gasteiger partial charge in [-0.2, -0.15) is 0 Å². The summed E-state index contributed by atoms with van der Waals surface area (Å²) in [5, 5.41) is 9.38. The fourth-order valence-electron chi connectivity index (χ4n) is 1.95. The van der Waals surface area contributed by atoms with Crippen molar-refractivity contribution >= 4 is 23.4 Å². The monoisotopic (exact) mass is 334 g/mol. The van der Waals surface area contributed by atoms with Crippen molar-refractivity contribution in [3.05, 3.63) is 64.9 Å². The van der Waals surface area contributed by atoms with Crippen molar-refractivity contribution in [2.24, 2.45) is 0 Å². The summed E-state index contributed by atoms with van der Waals surface area (Å²) >= 11 is 7.26. The van der Waals surface area contributed by atoms with Crippen molar-refractivity contribution in [3.63, 3.8) is 0 Å². The van der Waals surface area contributed by atoms with Crippen LogP contribution in [-0.2, 0) is 5.75 Å². The Morgan fingerprint density at radius 1 is 1.14 bits per heavy atom. The van der Waals surface area contributed by atoms with Gasteiger partial charge in [0.2, 0.25) is 5.16 Å². The van der Waals surface area contributed by atoms with Crippen LogP contribution >= 0.6 is 23.4 Å². The first kappa shape index (κ1) is 14.9. The maximum absolute atomic E-state index is 13.2. The molecule has 0 aliphatic heterocycles. The molecule has 3 aromatic rings. The van der Waals surface area contributed by atoms with Crippen LogP contribution in [0.15, 0.2) is 53.7 Å². The summed E-state index contributed by atoms with van der Waals surface area (Å²) in [6.07, 6.45) is 0. The highest BCUT2D eigenvalue weighted by Crippen LogP contribution is 2.25. The Morgan fingerprint density at radius 3 is 2.64 bits per heavy atom. The first-order valence-electron chi connectivity index (χ1n) is 6.47. The van der Waals surface area contributed by atoms with E-state index < -0.39 is 0 Å². The minimum atomic E-state index is -0.255. The third-order valence-electron chi connectivity index (χ3n) is 3.02. The van der Waals surface area contributed by atoms with Crippen LogP contribution < -0.4 is 5.84 Å². The average molecular weight is 335 g/mol. The van der Waals surface area contributed by atoms with Crippen LogP contribution in [0.4, 0.5) is 4.39 Å². The van der Waals surface area contributed by atoms with Gasteiger partial charge in [-0.3, -0.25) is 0 Å². The van der Waals surface area contributed by atoms with Gasteiger partial charge < -0.3 is 5.84 Å². The van der Waals surface area contributed by atoms with Crippen LogP contribution in [0.3, 0.4) is 0 Å². The fraction of sp³-hybridized carbons (Fsp3) is 0.0667. The largest absolute Gasteiger partial charge is 0.335 e. The van der Waals surface area contributed by atoms with Crippen molar-refractivity contribution in [1.82, 2.24) is 14.9 Å². The number of thioether (sulfide) groups is 1. The highest BCUT2D eigenvalue weighted by Gasteiger charge is 2.12. The van der Waals surface area contributed by atoms with Crippen molar-refractivity contribution in [3.8, 4) is 11.4 Å². The molecule has 0 saturated heterocycles. The topological polar surface area (TPSA) is 56.7 Å². The van der Waals surface area contributed by atoms with E-state index in [9.17, 15) is 4.39 Å². The van der Waals surface area contributed by atoms with Gasteiger partial charge in [-0.25, -0.2) is 9.07 Å². The van der Waals surface area contributed by atoms with Gasteiger partial charge in [0.1, 0.15) is 5.82 Å². The highest BCUT2D eigenvalue weighted by atomic mass is 35.5.